The Hall–Kier alpha value is -2.51. The van der Waals surface area contributed by atoms with Gasteiger partial charge in [0, 0.05) is 19.2 Å². The number of carbonyl (C=O) groups is 1. The Bertz CT molecular complexity index is 501. The van der Waals surface area contributed by atoms with E-state index in [-0.39, 0.29) is 12.2 Å². The lowest BCUT2D eigenvalue weighted by atomic mass is 10.2. The van der Waals surface area contributed by atoms with Gasteiger partial charge in [-0.2, -0.15) is 0 Å². The summed E-state index contributed by atoms with van der Waals surface area (Å²) in [5.74, 6) is -1.02. The number of aliphatic carboxylic acids is 1. The molecule has 0 aliphatic heterocycles. The molecule has 0 unspecified atom stereocenters. The van der Waals surface area contributed by atoms with Crippen LogP contribution in [0.3, 0.4) is 0 Å². The first kappa shape index (κ1) is 13.6. The Morgan fingerprint density at radius 3 is 2.72 bits per heavy atom. The fourth-order valence-electron chi connectivity index (χ4n) is 1.22. The molecule has 18 heavy (non-hydrogen) atoms. The SMILES string of the molecule is Cc1cc([N+](=O)[O-])ccc1/N=N/N(C)CC(=O)O. The van der Waals surface area contributed by atoms with E-state index in [9.17, 15) is 14.9 Å². The lowest BCUT2D eigenvalue weighted by Gasteiger charge is -2.07. The molecule has 1 aromatic carbocycles. The van der Waals surface area contributed by atoms with Crippen molar-refractivity contribution < 1.29 is 14.8 Å². The minimum atomic E-state index is -1.02. The molecule has 1 N–H and O–H groups in total. The minimum absolute atomic E-state index is 0.0228. The van der Waals surface area contributed by atoms with Crippen molar-refractivity contribution in [1.29, 1.82) is 0 Å². The first-order valence-electron chi connectivity index (χ1n) is 5.00. The summed E-state index contributed by atoms with van der Waals surface area (Å²) in [4.78, 5) is 20.4. The molecule has 8 nitrogen and oxygen atoms in total. The molecule has 0 amide bonds. The molecule has 96 valence electrons. The lowest BCUT2D eigenvalue weighted by Crippen LogP contribution is -2.19. The standard InChI is InChI=1S/C10H12N4O4/c1-7-5-8(14(17)18)3-4-9(7)11-12-13(2)6-10(15)16/h3-5H,6H2,1-2H3,(H,15,16)/b12-11+. The molecule has 0 fully saturated rings. The maximum Gasteiger partial charge on any atom is 0.324 e. The average molecular weight is 252 g/mol. The molecule has 0 saturated heterocycles. The van der Waals surface area contributed by atoms with Gasteiger partial charge in [0.1, 0.15) is 6.54 Å². The van der Waals surface area contributed by atoms with Gasteiger partial charge in [0.2, 0.25) is 0 Å². The van der Waals surface area contributed by atoms with Gasteiger partial charge in [-0.15, -0.1) is 5.11 Å². The number of hydrogen-bond donors (Lipinski definition) is 1. The van der Waals surface area contributed by atoms with Crippen LogP contribution in [0.15, 0.2) is 28.5 Å². The molecular formula is C10H12N4O4. The van der Waals surface area contributed by atoms with Crippen LogP contribution in [0.4, 0.5) is 11.4 Å². The molecule has 0 aromatic heterocycles. The van der Waals surface area contributed by atoms with Crippen molar-refractivity contribution in [2.45, 2.75) is 6.92 Å². The van der Waals surface area contributed by atoms with Crippen LogP contribution < -0.4 is 0 Å². The summed E-state index contributed by atoms with van der Waals surface area (Å²) in [7, 11) is 1.47. The Kier molecular flexibility index (Phi) is 4.30. The van der Waals surface area contributed by atoms with Crippen LogP contribution in [0.2, 0.25) is 0 Å². The summed E-state index contributed by atoms with van der Waals surface area (Å²) < 4.78 is 0. The molecule has 1 rings (SSSR count). The van der Waals surface area contributed by atoms with E-state index in [1.807, 2.05) is 0 Å². The fraction of sp³-hybridized carbons (Fsp3) is 0.300. The highest BCUT2D eigenvalue weighted by molar-refractivity contribution is 5.68. The summed E-state index contributed by atoms with van der Waals surface area (Å²) in [6.45, 7) is 1.40. The van der Waals surface area contributed by atoms with Crippen molar-refractivity contribution in [3.63, 3.8) is 0 Å². The molecule has 1 aromatic rings. The van der Waals surface area contributed by atoms with Crippen LogP contribution in [0, 0.1) is 17.0 Å². The normalized spacial score (nSPS) is 10.6. The maximum atomic E-state index is 10.5. The third-order valence-corrected chi connectivity index (χ3v) is 2.06. The molecule has 0 radical (unpaired) electrons. The van der Waals surface area contributed by atoms with Crippen LogP contribution in [-0.4, -0.2) is 34.6 Å². The second-order valence-corrected chi connectivity index (χ2v) is 3.63. The van der Waals surface area contributed by atoms with Gasteiger partial charge in [0.25, 0.3) is 5.69 Å². The Balaban J connectivity index is 2.82. The van der Waals surface area contributed by atoms with Gasteiger partial charge in [0.15, 0.2) is 0 Å². The molecule has 0 spiro atoms. The van der Waals surface area contributed by atoms with Crippen LogP contribution in [0.5, 0.6) is 0 Å². The Labute approximate surface area is 103 Å². The van der Waals surface area contributed by atoms with Gasteiger partial charge in [-0.05, 0) is 18.6 Å². The van der Waals surface area contributed by atoms with E-state index in [0.29, 0.717) is 11.3 Å². The molecule has 0 bridgehead atoms. The van der Waals surface area contributed by atoms with Gasteiger partial charge in [0.05, 0.1) is 10.6 Å². The van der Waals surface area contributed by atoms with Crippen LogP contribution in [0.25, 0.3) is 0 Å². The Morgan fingerprint density at radius 1 is 1.56 bits per heavy atom. The highest BCUT2D eigenvalue weighted by Gasteiger charge is 2.08. The van der Waals surface area contributed by atoms with E-state index in [2.05, 4.69) is 10.3 Å². The van der Waals surface area contributed by atoms with E-state index >= 15 is 0 Å². The molecule has 0 aliphatic carbocycles. The smallest absolute Gasteiger partial charge is 0.324 e. The number of likely N-dealkylation sites (N-methyl/N-ethyl adjacent to an activating group) is 1. The quantitative estimate of drug-likeness (QED) is 0.489. The second-order valence-electron chi connectivity index (χ2n) is 3.63. The maximum absolute atomic E-state index is 10.5. The zero-order chi connectivity index (χ0) is 13.7. The average Bonchev–Trinajstić information content (AvgIpc) is 2.26. The predicted molar refractivity (Wildman–Crippen MR) is 62.6 cm³/mol. The number of aryl methyl sites for hydroxylation is 1. The summed E-state index contributed by atoms with van der Waals surface area (Å²) in [6, 6.07) is 4.16. The molecule has 0 aliphatic rings. The highest BCUT2D eigenvalue weighted by atomic mass is 16.6. The summed E-state index contributed by atoms with van der Waals surface area (Å²) in [6.07, 6.45) is 0. The molecule has 8 heteroatoms. The van der Waals surface area contributed by atoms with E-state index in [1.54, 1.807) is 6.92 Å². The van der Waals surface area contributed by atoms with Gasteiger partial charge in [-0.3, -0.25) is 19.9 Å². The first-order valence-corrected chi connectivity index (χ1v) is 5.00. The van der Waals surface area contributed by atoms with Crippen molar-refractivity contribution in [2.75, 3.05) is 13.6 Å². The van der Waals surface area contributed by atoms with Crippen LogP contribution in [0.1, 0.15) is 5.56 Å². The minimum Gasteiger partial charge on any atom is -0.480 e. The van der Waals surface area contributed by atoms with Gasteiger partial charge in [-0.25, -0.2) is 0 Å². The van der Waals surface area contributed by atoms with E-state index in [0.717, 1.165) is 5.01 Å². The number of non-ortho nitro benzene ring substituents is 1. The predicted octanol–water partition coefficient (Wildman–Crippen LogP) is 1.92. The second kappa shape index (κ2) is 5.71. The number of rotatable bonds is 5. The van der Waals surface area contributed by atoms with Crippen molar-refractivity contribution in [3.8, 4) is 0 Å². The Morgan fingerprint density at radius 2 is 2.22 bits per heavy atom. The fourth-order valence-corrected chi connectivity index (χ4v) is 1.22. The van der Waals surface area contributed by atoms with Gasteiger partial charge in [-0.1, -0.05) is 5.22 Å². The van der Waals surface area contributed by atoms with Crippen LogP contribution in [-0.2, 0) is 4.79 Å². The van der Waals surface area contributed by atoms with Gasteiger partial charge >= 0.3 is 5.97 Å². The van der Waals surface area contributed by atoms with Crippen LogP contribution >= 0.6 is 0 Å². The number of nitro groups is 1. The van der Waals surface area contributed by atoms with E-state index < -0.39 is 10.9 Å². The molecule has 0 atom stereocenters. The number of carboxylic acids is 1. The van der Waals surface area contributed by atoms with Gasteiger partial charge < -0.3 is 5.11 Å². The third-order valence-electron chi connectivity index (χ3n) is 2.06. The summed E-state index contributed by atoms with van der Waals surface area (Å²) in [5, 5.41) is 27.7. The number of nitro benzene ring substituents is 1. The topological polar surface area (TPSA) is 108 Å². The van der Waals surface area contributed by atoms with Crippen molar-refractivity contribution in [2.24, 2.45) is 10.3 Å². The number of benzene rings is 1. The van der Waals surface area contributed by atoms with Crippen molar-refractivity contribution in [1.82, 2.24) is 5.01 Å². The molecular weight excluding hydrogens is 240 g/mol. The molecule has 0 heterocycles. The first-order chi connectivity index (χ1) is 8.40. The zero-order valence-corrected chi connectivity index (χ0v) is 9.90. The van der Waals surface area contributed by atoms with E-state index in [4.69, 9.17) is 5.11 Å². The van der Waals surface area contributed by atoms with Crippen molar-refractivity contribution in [3.05, 3.63) is 33.9 Å². The van der Waals surface area contributed by atoms with E-state index in [1.165, 1.54) is 25.2 Å². The summed E-state index contributed by atoms with van der Waals surface area (Å²) >= 11 is 0. The number of nitrogens with zero attached hydrogens (tertiary/aromatic N) is 4. The largest absolute Gasteiger partial charge is 0.480 e. The number of hydrogen-bond acceptors (Lipinski definition) is 5. The van der Waals surface area contributed by atoms with Crippen molar-refractivity contribution >= 4 is 17.3 Å². The monoisotopic (exact) mass is 252 g/mol. The highest BCUT2D eigenvalue weighted by Crippen LogP contribution is 2.23. The molecule has 0 saturated carbocycles. The number of carboxylic acid groups (broad SMARTS) is 1. The lowest BCUT2D eigenvalue weighted by molar-refractivity contribution is -0.384. The zero-order valence-electron chi connectivity index (χ0n) is 9.90. The summed E-state index contributed by atoms with van der Waals surface area (Å²) in [5.41, 5.74) is 1.03. The third kappa shape index (κ3) is 3.81.